The third kappa shape index (κ3) is 5.50. The topological polar surface area (TPSA) is 72.9 Å². The first-order valence-electron chi connectivity index (χ1n) is 9.75. The van der Waals surface area contributed by atoms with Crippen LogP contribution < -0.4 is 9.47 Å². The van der Waals surface area contributed by atoms with Gasteiger partial charge in [-0.15, -0.1) is 0 Å². The van der Waals surface area contributed by atoms with Gasteiger partial charge in [0, 0.05) is 12.6 Å². The lowest BCUT2D eigenvalue weighted by atomic mass is 10.1. The van der Waals surface area contributed by atoms with E-state index >= 15 is 0 Å². The van der Waals surface area contributed by atoms with Crippen molar-refractivity contribution in [1.29, 1.82) is 0 Å². The van der Waals surface area contributed by atoms with E-state index in [1.165, 1.54) is 5.56 Å². The fraction of sp³-hybridized carbons (Fsp3) is 0.409. The quantitative estimate of drug-likeness (QED) is 0.660. The van der Waals surface area contributed by atoms with Crippen LogP contribution in [0, 0.1) is 0 Å². The van der Waals surface area contributed by atoms with Crippen LogP contribution in [0.5, 0.6) is 11.5 Å². The van der Waals surface area contributed by atoms with Crippen LogP contribution in [0.1, 0.15) is 24.5 Å². The second kappa shape index (κ2) is 9.31. The van der Waals surface area contributed by atoms with Gasteiger partial charge in [-0.25, -0.2) is 8.42 Å². The molecule has 3 rings (SSSR count). The first-order valence-corrected chi connectivity index (χ1v) is 11.6. The molecule has 0 aromatic heterocycles. The van der Waals surface area contributed by atoms with Crippen molar-refractivity contribution in [3.8, 4) is 11.5 Å². The van der Waals surface area contributed by atoms with E-state index in [0.717, 1.165) is 12.0 Å². The second-order valence-electron chi connectivity index (χ2n) is 7.19. The molecule has 1 aliphatic rings. The van der Waals surface area contributed by atoms with E-state index in [-0.39, 0.29) is 30.1 Å². The van der Waals surface area contributed by atoms with Gasteiger partial charge >= 0.3 is 0 Å². The van der Waals surface area contributed by atoms with Crippen LogP contribution in [0.25, 0.3) is 0 Å². The van der Waals surface area contributed by atoms with Crippen molar-refractivity contribution in [3.05, 3.63) is 59.7 Å². The van der Waals surface area contributed by atoms with Crippen molar-refractivity contribution in [2.45, 2.75) is 32.4 Å². The Labute approximate surface area is 172 Å². The number of aryl methyl sites for hydroxylation is 1. The van der Waals surface area contributed by atoms with Crippen LogP contribution in [-0.4, -0.2) is 50.5 Å². The maximum absolute atomic E-state index is 13.0. The summed E-state index contributed by atoms with van der Waals surface area (Å²) < 4.78 is 34.9. The van der Waals surface area contributed by atoms with Gasteiger partial charge in [-0.05, 0) is 36.1 Å². The summed E-state index contributed by atoms with van der Waals surface area (Å²) in [5.74, 6) is 0.905. The molecule has 0 N–H and O–H groups in total. The van der Waals surface area contributed by atoms with Gasteiger partial charge in [-0.1, -0.05) is 43.3 Å². The van der Waals surface area contributed by atoms with Crippen molar-refractivity contribution in [3.63, 3.8) is 0 Å². The van der Waals surface area contributed by atoms with Gasteiger partial charge in [0.2, 0.25) is 0 Å². The van der Waals surface area contributed by atoms with E-state index in [4.69, 9.17) is 9.47 Å². The molecule has 1 heterocycles. The highest BCUT2D eigenvalue weighted by Gasteiger charge is 2.34. The Morgan fingerprint density at radius 2 is 1.72 bits per heavy atom. The first kappa shape index (κ1) is 21.2. The molecule has 6 nitrogen and oxygen atoms in total. The van der Waals surface area contributed by atoms with Crippen molar-refractivity contribution in [2.75, 3.05) is 25.2 Å². The predicted octanol–water partition coefficient (Wildman–Crippen LogP) is 2.85. The minimum Gasteiger partial charge on any atom is -0.493 e. The van der Waals surface area contributed by atoms with Crippen LogP contribution in [0.15, 0.2) is 48.5 Å². The number of hydrogen-bond donors (Lipinski definition) is 0. The van der Waals surface area contributed by atoms with Gasteiger partial charge in [0.25, 0.3) is 5.91 Å². The number of amides is 1. The number of hydrogen-bond acceptors (Lipinski definition) is 5. The molecule has 1 amide bonds. The average Bonchev–Trinajstić information content (AvgIpc) is 3.10. The fourth-order valence-corrected chi connectivity index (χ4v) is 5.21. The summed E-state index contributed by atoms with van der Waals surface area (Å²) in [6.45, 7) is 2.27. The van der Waals surface area contributed by atoms with Crippen molar-refractivity contribution >= 4 is 15.7 Å². The van der Waals surface area contributed by atoms with E-state index in [1.807, 2.05) is 30.3 Å². The Kier molecular flexibility index (Phi) is 6.79. The number of carbonyl (C=O) groups excluding carboxylic acids is 1. The number of ether oxygens (including phenoxy) is 2. The Morgan fingerprint density at radius 1 is 1.07 bits per heavy atom. The molecule has 1 aliphatic heterocycles. The molecule has 0 radical (unpaired) electrons. The molecule has 1 saturated heterocycles. The van der Waals surface area contributed by atoms with E-state index in [1.54, 1.807) is 30.2 Å². The summed E-state index contributed by atoms with van der Waals surface area (Å²) in [6, 6.07) is 14.8. The monoisotopic (exact) mass is 417 g/mol. The maximum atomic E-state index is 13.0. The highest BCUT2D eigenvalue weighted by Crippen LogP contribution is 2.26. The van der Waals surface area contributed by atoms with Crippen LogP contribution in [-0.2, 0) is 27.6 Å². The molecule has 1 atom stereocenters. The zero-order chi connectivity index (χ0) is 20.9. The minimum atomic E-state index is -3.11. The minimum absolute atomic E-state index is 0.000438. The predicted molar refractivity (Wildman–Crippen MR) is 112 cm³/mol. The summed E-state index contributed by atoms with van der Waals surface area (Å²) in [5.41, 5.74) is 2.19. The molecular formula is C22H27NO5S. The van der Waals surface area contributed by atoms with Gasteiger partial charge in [0.1, 0.15) is 0 Å². The van der Waals surface area contributed by atoms with Gasteiger partial charge in [0.05, 0.1) is 18.6 Å². The molecule has 1 unspecified atom stereocenters. The van der Waals surface area contributed by atoms with Crippen molar-refractivity contribution in [1.82, 2.24) is 4.90 Å². The van der Waals surface area contributed by atoms with E-state index in [9.17, 15) is 13.2 Å². The molecule has 0 saturated carbocycles. The lowest BCUT2D eigenvalue weighted by Crippen LogP contribution is -2.43. The SMILES string of the molecule is CCc1ccc(CN(C(=O)COc2ccccc2OC)C2CCS(=O)(=O)C2)cc1. The lowest BCUT2D eigenvalue weighted by molar-refractivity contribution is -0.136. The molecule has 156 valence electrons. The molecule has 1 fully saturated rings. The molecule has 0 spiro atoms. The maximum Gasteiger partial charge on any atom is 0.261 e. The van der Waals surface area contributed by atoms with E-state index < -0.39 is 9.84 Å². The van der Waals surface area contributed by atoms with Gasteiger partial charge in [-0.2, -0.15) is 0 Å². The smallest absolute Gasteiger partial charge is 0.261 e. The van der Waals surface area contributed by atoms with Crippen molar-refractivity contribution < 1.29 is 22.7 Å². The number of sulfone groups is 1. The van der Waals surface area contributed by atoms with Crippen molar-refractivity contribution in [2.24, 2.45) is 0 Å². The average molecular weight is 418 g/mol. The highest BCUT2D eigenvalue weighted by atomic mass is 32.2. The number of benzene rings is 2. The van der Waals surface area contributed by atoms with Gasteiger partial charge in [-0.3, -0.25) is 4.79 Å². The number of rotatable bonds is 8. The number of para-hydroxylation sites is 2. The molecule has 2 aromatic carbocycles. The highest BCUT2D eigenvalue weighted by molar-refractivity contribution is 7.91. The van der Waals surface area contributed by atoms with E-state index in [0.29, 0.717) is 24.5 Å². The zero-order valence-electron chi connectivity index (χ0n) is 16.8. The van der Waals surface area contributed by atoms with Crippen LogP contribution in [0.4, 0.5) is 0 Å². The normalized spacial score (nSPS) is 17.7. The molecule has 7 heteroatoms. The number of carbonyl (C=O) groups is 1. The summed E-state index contributed by atoms with van der Waals surface area (Å²) >= 11 is 0. The summed E-state index contributed by atoms with van der Waals surface area (Å²) in [6.07, 6.45) is 1.40. The van der Waals surface area contributed by atoms with Crippen LogP contribution in [0.3, 0.4) is 0 Å². The van der Waals surface area contributed by atoms with Gasteiger partial charge < -0.3 is 14.4 Å². The number of nitrogens with zero attached hydrogens (tertiary/aromatic N) is 1. The Bertz CT molecular complexity index is 940. The fourth-order valence-electron chi connectivity index (χ4n) is 3.48. The van der Waals surface area contributed by atoms with Crippen LogP contribution in [0.2, 0.25) is 0 Å². The molecule has 0 aliphatic carbocycles. The number of methoxy groups -OCH3 is 1. The summed E-state index contributed by atoms with van der Waals surface area (Å²) in [5, 5.41) is 0. The summed E-state index contributed by atoms with van der Waals surface area (Å²) in [7, 11) is -1.57. The third-order valence-corrected chi connectivity index (χ3v) is 6.92. The first-order chi connectivity index (χ1) is 13.9. The largest absolute Gasteiger partial charge is 0.493 e. The van der Waals surface area contributed by atoms with Crippen LogP contribution >= 0.6 is 0 Å². The Hall–Kier alpha value is -2.54. The third-order valence-electron chi connectivity index (χ3n) is 5.17. The summed E-state index contributed by atoms with van der Waals surface area (Å²) in [4.78, 5) is 14.6. The van der Waals surface area contributed by atoms with E-state index in [2.05, 4.69) is 6.92 Å². The molecule has 0 bridgehead atoms. The Morgan fingerprint density at radius 3 is 2.31 bits per heavy atom. The molecule has 29 heavy (non-hydrogen) atoms. The zero-order valence-corrected chi connectivity index (χ0v) is 17.7. The second-order valence-corrected chi connectivity index (χ2v) is 9.42. The standard InChI is InChI=1S/C22H27NO5S/c1-3-17-8-10-18(11-9-17)14-23(19-12-13-29(25,26)16-19)22(24)15-28-21-7-5-4-6-20(21)27-2/h4-11,19H,3,12-16H2,1-2H3. The Balaban J connectivity index is 1.75. The van der Waals surface area contributed by atoms with Gasteiger partial charge in [0.15, 0.2) is 27.9 Å². The lowest BCUT2D eigenvalue weighted by Gasteiger charge is -2.28. The molecule has 2 aromatic rings. The molecular weight excluding hydrogens is 390 g/mol.